The van der Waals surface area contributed by atoms with Gasteiger partial charge < -0.3 is 10.1 Å². The van der Waals surface area contributed by atoms with Crippen LogP contribution < -0.4 is 10.0 Å². The number of nitrogens with zero attached hydrogens (tertiary/aromatic N) is 1. The van der Waals surface area contributed by atoms with Gasteiger partial charge in [0.2, 0.25) is 15.9 Å². The standard InChI is InChI=1S/C18H18FN3O7S2/c1-29-18(24)12-5-6-15(19)16(9-12)30(25,26)21-13-3-2-4-14(10-13)31(27,28)22-8-7-20-17(23)11-22/h2-6,9-10,21H,7-8,11H2,1H3,(H,20,23). The molecule has 0 spiro atoms. The van der Waals surface area contributed by atoms with Crippen LogP contribution in [-0.4, -0.2) is 59.8 Å². The fourth-order valence-electron chi connectivity index (χ4n) is 2.85. The Morgan fingerprint density at radius 2 is 1.90 bits per heavy atom. The van der Waals surface area contributed by atoms with Crippen molar-refractivity contribution in [2.75, 3.05) is 31.5 Å². The molecule has 166 valence electrons. The summed E-state index contributed by atoms with van der Waals surface area (Å²) < 4.78 is 72.7. The molecule has 1 fully saturated rings. The van der Waals surface area contributed by atoms with Crippen molar-refractivity contribution in [3.63, 3.8) is 0 Å². The molecule has 0 unspecified atom stereocenters. The van der Waals surface area contributed by atoms with Gasteiger partial charge in [-0.2, -0.15) is 4.31 Å². The Hall–Kier alpha value is -3.03. The van der Waals surface area contributed by atoms with E-state index in [1.807, 2.05) is 0 Å². The van der Waals surface area contributed by atoms with Crippen LogP contribution in [0.3, 0.4) is 0 Å². The number of hydrogen-bond donors (Lipinski definition) is 2. The van der Waals surface area contributed by atoms with E-state index in [0.29, 0.717) is 0 Å². The van der Waals surface area contributed by atoms with Crippen LogP contribution in [0.1, 0.15) is 10.4 Å². The largest absolute Gasteiger partial charge is 0.465 e. The minimum absolute atomic E-state index is 0.0650. The van der Waals surface area contributed by atoms with Crippen molar-refractivity contribution in [2.24, 2.45) is 0 Å². The maximum atomic E-state index is 14.2. The third kappa shape index (κ3) is 4.84. The first-order chi connectivity index (χ1) is 14.5. The molecule has 1 heterocycles. The van der Waals surface area contributed by atoms with Crippen LogP contribution in [0.25, 0.3) is 0 Å². The minimum atomic E-state index is -4.51. The zero-order chi connectivity index (χ0) is 22.8. The normalized spacial score (nSPS) is 15.2. The van der Waals surface area contributed by atoms with E-state index in [0.717, 1.165) is 35.7 Å². The van der Waals surface area contributed by atoms with Crippen molar-refractivity contribution in [1.29, 1.82) is 0 Å². The number of esters is 1. The lowest BCUT2D eigenvalue weighted by Crippen LogP contribution is -2.49. The van der Waals surface area contributed by atoms with Crippen LogP contribution in [0.5, 0.6) is 0 Å². The van der Waals surface area contributed by atoms with Gasteiger partial charge in [-0.25, -0.2) is 26.0 Å². The highest BCUT2D eigenvalue weighted by Gasteiger charge is 2.30. The Balaban J connectivity index is 1.92. The lowest BCUT2D eigenvalue weighted by Gasteiger charge is -2.26. The molecule has 2 N–H and O–H groups in total. The van der Waals surface area contributed by atoms with Crippen molar-refractivity contribution in [3.8, 4) is 0 Å². The van der Waals surface area contributed by atoms with Gasteiger partial charge in [0.1, 0.15) is 10.7 Å². The second-order valence-corrected chi connectivity index (χ2v) is 10.0. The summed E-state index contributed by atoms with van der Waals surface area (Å²) in [6.07, 6.45) is 0. The number of benzene rings is 2. The summed E-state index contributed by atoms with van der Waals surface area (Å²) in [4.78, 5) is 22.1. The van der Waals surface area contributed by atoms with Gasteiger partial charge in [-0.1, -0.05) is 6.07 Å². The molecule has 31 heavy (non-hydrogen) atoms. The summed E-state index contributed by atoms with van der Waals surface area (Å²) in [6, 6.07) is 7.58. The third-order valence-corrected chi connectivity index (χ3v) is 7.61. The number of carbonyl (C=O) groups is 2. The molecular weight excluding hydrogens is 453 g/mol. The number of piperazine rings is 1. The maximum Gasteiger partial charge on any atom is 0.337 e. The monoisotopic (exact) mass is 471 g/mol. The van der Waals surface area contributed by atoms with Crippen molar-refractivity contribution in [3.05, 3.63) is 53.8 Å². The van der Waals surface area contributed by atoms with Crippen molar-refractivity contribution in [1.82, 2.24) is 9.62 Å². The molecule has 3 rings (SSSR count). The highest BCUT2D eigenvalue weighted by molar-refractivity contribution is 7.92. The number of nitrogens with one attached hydrogen (secondary N) is 2. The first-order valence-electron chi connectivity index (χ1n) is 8.82. The number of anilines is 1. The molecule has 0 saturated carbocycles. The SMILES string of the molecule is COC(=O)c1ccc(F)c(S(=O)(=O)Nc2cccc(S(=O)(=O)N3CCNC(=O)C3)c2)c1. The smallest absolute Gasteiger partial charge is 0.337 e. The zero-order valence-corrected chi connectivity index (χ0v) is 17.8. The van der Waals surface area contributed by atoms with Crippen molar-refractivity contribution in [2.45, 2.75) is 9.79 Å². The summed E-state index contributed by atoms with van der Waals surface area (Å²) in [5.41, 5.74) is -0.325. The molecule has 1 saturated heterocycles. The van der Waals surface area contributed by atoms with Crippen molar-refractivity contribution < 1.29 is 35.6 Å². The minimum Gasteiger partial charge on any atom is -0.465 e. The molecule has 2 aromatic carbocycles. The Labute approximate surface area is 178 Å². The third-order valence-electron chi connectivity index (χ3n) is 4.37. The number of methoxy groups -OCH3 is 1. The van der Waals surface area contributed by atoms with Crippen LogP contribution >= 0.6 is 0 Å². The lowest BCUT2D eigenvalue weighted by atomic mass is 10.2. The topological polar surface area (TPSA) is 139 Å². The number of carbonyl (C=O) groups excluding carboxylic acids is 2. The number of halogens is 1. The number of hydrogen-bond acceptors (Lipinski definition) is 7. The Morgan fingerprint density at radius 3 is 2.58 bits per heavy atom. The molecule has 0 aliphatic carbocycles. The maximum absolute atomic E-state index is 14.2. The van der Waals surface area contributed by atoms with Gasteiger partial charge in [-0.05, 0) is 36.4 Å². The molecule has 1 aliphatic rings. The van der Waals surface area contributed by atoms with Crippen LogP contribution in [0.15, 0.2) is 52.3 Å². The van der Waals surface area contributed by atoms with Crippen LogP contribution in [0.4, 0.5) is 10.1 Å². The van der Waals surface area contributed by atoms with Crippen LogP contribution in [0.2, 0.25) is 0 Å². The average molecular weight is 471 g/mol. The second kappa shape index (κ2) is 8.61. The van der Waals surface area contributed by atoms with E-state index in [4.69, 9.17) is 0 Å². The fourth-order valence-corrected chi connectivity index (χ4v) is 5.45. The van der Waals surface area contributed by atoms with Gasteiger partial charge in [0.25, 0.3) is 10.0 Å². The van der Waals surface area contributed by atoms with Gasteiger partial charge in [-0.3, -0.25) is 9.52 Å². The number of sulfonamides is 2. The van der Waals surface area contributed by atoms with E-state index in [9.17, 15) is 30.8 Å². The molecule has 1 aliphatic heterocycles. The highest BCUT2D eigenvalue weighted by atomic mass is 32.2. The van der Waals surface area contributed by atoms with E-state index < -0.39 is 42.6 Å². The summed E-state index contributed by atoms with van der Waals surface area (Å²) in [7, 11) is -7.48. The van der Waals surface area contributed by atoms with Gasteiger partial charge in [0.15, 0.2) is 0 Å². The first kappa shape index (κ1) is 22.7. The summed E-state index contributed by atoms with van der Waals surface area (Å²) >= 11 is 0. The molecule has 13 heteroatoms. The van der Waals surface area contributed by atoms with Gasteiger partial charge in [0.05, 0.1) is 29.8 Å². The summed E-state index contributed by atoms with van der Waals surface area (Å²) in [5.74, 6) is -2.41. The predicted molar refractivity (Wildman–Crippen MR) is 107 cm³/mol. The fraction of sp³-hybridized carbons (Fsp3) is 0.222. The molecule has 0 aromatic heterocycles. The Bertz CT molecular complexity index is 1250. The highest BCUT2D eigenvalue weighted by Crippen LogP contribution is 2.24. The molecule has 0 radical (unpaired) electrons. The Kier molecular flexibility index (Phi) is 6.29. The van der Waals surface area contributed by atoms with E-state index in [1.165, 1.54) is 18.2 Å². The lowest BCUT2D eigenvalue weighted by molar-refractivity contribution is -0.122. The van der Waals surface area contributed by atoms with E-state index >= 15 is 0 Å². The second-order valence-electron chi connectivity index (χ2n) is 6.46. The molecule has 10 nitrogen and oxygen atoms in total. The first-order valence-corrected chi connectivity index (χ1v) is 11.7. The van der Waals surface area contributed by atoms with E-state index in [2.05, 4.69) is 14.8 Å². The van der Waals surface area contributed by atoms with E-state index in [1.54, 1.807) is 0 Å². The van der Waals surface area contributed by atoms with Gasteiger partial charge >= 0.3 is 5.97 Å². The molecular formula is C18H18FN3O7S2. The molecule has 1 amide bonds. The molecule has 0 atom stereocenters. The number of rotatable bonds is 6. The number of ether oxygens (including phenoxy) is 1. The summed E-state index contributed by atoms with van der Waals surface area (Å²) in [6.45, 7) is -0.139. The molecule has 0 bridgehead atoms. The van der Waals surface area contributed by atoms with Gasteiger partial charge in [0, 0.05) is 13.1 Å². The number of amides is 1. The van der Waals surface area contributed by atoms with Gasteiger partial charge in [-0.15, -0.1) is 0 Å². The zero-order valence-electron chi connectivity index (χ0n) is 16.2. The average Bonchev–Trinajstić information content (AvgIpc) is 2.73. The predicted octanol–water partition coefficient (Wildman–Crippen LogP) is 0.534. The van der Waals surface area contributed by atoms with Crippen molar-refractivity contribution >= 4 is 37.6 Å². The summed E-state index contributed by atoms with van der Waals surface area (Å²) in [5, 5.41) is 2.51. The van der Waals surface area contributed by atoms with Crippen LogP contribution in [-0.2, 0) is 29.6 Å². The van der Waals surface area contributed by atoms with Crippen LogP contribution in [0, 0.1) is 5.82 Å². The van der Waals surface area contributed by atoms with E-state index in [-0.39, 0.29) is 35.8 Å². The quantitative estimate of drug-likeness (QED) is 0.586. The Morgan fingerprint density at radius 1 is 1.16 bits per heavy atom. The molecule has 2 aromatic rings.